The summed E-state index contributed by atoms with van der Waals surface area (Å²) in [4.78, 5) is 17.2. The number of nitrogens with one attached hydrogen (secondary N) is 1. The van der Waals surface area contributed by atoms with Crippen LogP contribution in [0.25, 0.3) is 10.9 Å². The molecular formula is C25H35ClN2O4. The van der Waals surface area contributed by atoms with Crippen molar-refractivity contribution in [3.63, 3.8) is 0 Å². The van der Waals surface area contributed by atoms with Gasteiger partial charge in [0.25, 0.3) is 0 Å². The van der Waals surface area contributed by atoms with E-state index in [9.17, 15) is 9.90 Å². The first kappa shape index (κ1) is 24.6. The molecule has 0 aliphatic carbocycles. The molecule has 2 heterocycles. The van der Waals surface area contributed by atoms with E-state index in [1.54, 1.807) is 6.07 Å². The van der Waals surface area contributed by atoms with Crippen LogP contribution in [0.3, 0.4) is 0 Å². The third-order valence-electron chi connectivity index (χ3n) is 6.48. The third-order valence-corrected chi connectivity index (χ3v) is 6.67. The highest BCUT2D eigenvalue weighted by atomic mass is 35.5. The minimum absolute atomic E-state index is 0.379. The summed E-state index contributed by atoms with van der Waals surface area (Å²) in [6.07, 6.45) is 1.43. The first-order valence-electron chi connectivity index (χ1n) is 11.3. The van der Waals surface area contributed by atoms with Gasteiger partial charge in [-0.3, -0.25) is 0 Å². The second-order valence-electron chi connectivity index (χ2n) is 10.2. The summed E-state index contributed by atoms with van der Waals surface area (Å²) in [7, 11) is 0. The third kappa shape index (κ3) is 4.27. The van der Waals surface area contributed by atoms with Crippen molar-refractivity contribution in [2.45, 2.75) is 85.0 Å². The Morgan fingerprint density at radius 3 is 2.59 bits per heavy atom. The number of carbonyl (C=O) groups excluding carboxylic acids is 1. The molecule has 3 rings (SSSR count). The van der Waals surface area contributed by atoms with Crippen LogP contribution in [0.2, 0.25) is 5.15 Å². The number of rotatable bonds is 5. The Hall–Kier alpha value is -2.05. The van der Waals surface area contributed by atoms with Crippen LogP contribution in [-0.2, 0) is 4.74 Å². The van der Waals surface area contributed by atoms with Crippen molar-refractivity contribution in [2.75, 3.05) is 6.54 Å². The van der Waals surface area contributed by atoms with Gasteiger partial charge in [0, 0.05) is 17.5 Å². The normalized spacial score (nSPS) is 22.2. The van der Waals surface area contributed by atoms with E-state index >= 15 is 0 Å². The number of hydrogen-bond donors (Lipinski definition) is 2. The number of halogens is 1. The van der Waals surface area contributed by atoms with Crippen LogP contribution in [0.15, 0.2) is 18.2 Å². The molecule has 32 heavy (non-hydrogen) atoms. The lowest BCUT2D eigenvalue weighted by molar-refractivity contribution is -0.241. The quantitative estimate of drug-likeness (QED) is 0.414. The molecule has 0 radical (unpaired) electrons. The summed E-state index contributed by atoms with van der Waals surface area (Å²) in [5, 5.41) is 16.2. The molecule has 0 saturated heterocycles. The molecule has 1 aromatic carbocycles. The number of aromatic nitrogens is 1. The van der Waals surface area contributed by atoms with Crippen molar-refractivity contribution in [2.24, 2.45) is 5.41 Å². The lowest BCUT2D eigenvalue weighted by atomic mass is 9.62. The van der Waals surface area contributed by atoms with Gasteiger partial charge < -0.3 is 19.9 Å². The Bertz CT molecular complexity index is 1020. The molecule has 6 nitrogen and oxygen atoms in total. The van der Waals surface area contributed by atoms with Gasteiger partial charge in [0.2, 0.25) is 0 Å². The fourth-order valence-corrected chi connectivity index (χ4v) is 5.00. The lowest BCUT2D eigenvalue weighted by Gasteiger charge is -2.56. The topological polar surface area (TPSA) is 80.7 Å². The minimum atomic E-state index is -1.52. The van der Waals surface area contributed by atoms with Gasteiger partial charge in [-0.1, -0.05) is 52.1 Å². The van der Waals surface area contributed by atoms with Gasteiger partial charge >= 0.3 is 6.09 Å². The predicted molar refractivity (Wildman–Crippen MR) is 127 cm³/mol. The van der Waals surface area contributed by atoms with Gasteiger partial charge in [-0.25, -0.2) is 9.78 Å². The molecule has 2 aromatic rings. The number of aliphatic hydroxyl groups is 1. The number of amides is 1. The Morgan fingerprint density at radius 2 is 1.97 bits per heavy atom. The van der Waals surface area contributed by atoms with Crippen LogP contribution in [0.1, 0.15) is 78.0 Å². The fourth-order valence-electron chi connectivity index (χ4n) is 4.74. The summed E-state index contributed by atoms with van der Waals surface area (Å²) in [5.74, 6) is 0.562. The number of ether oxygens (including phenoxy) is 2. The second kappa shape index (κ2) is 8.71. The molecule has 0 saturated carbocycles. The Morgan fingerprint density at radius 1 is 1.28 bits per heavy atom. The molecule has 176 valence electrons. The van der Waals surface area contributed by atoms with Crippen LogP contribution in [-0.4, -0.2) is 33.9 Å². The number of alkyl carbamates (subject to hydrolysis) is 1. The maximum Gasteiger partial charge on any atom is 0.407 e. The van der Waals surface area contributed by atoms with Crippen LogP contribution in [0, 0.1) is 12.3 Å². The van der Waals surface area contributed by atoms with E-state index in [4.69, 9.17) is 21.1 Å². The van der Waals surface area contributed by atoms with E-state index in [-0.39, 0.29) is 0 Å². The van der Waals surface area contributed by atoms with Crippen LogP contribution < -0.4 is 10.1 Å². The zero-order valence-corrected chi connectivity index (χ0v) is 20.9. The van der Waals surface area contributed by atoms with Crippen molar-refractivity contribution in [1.82, 2.24) is 10.3 Å². The summed E-state index contributed by atoms with van der Waals surface area (Å²) >= 11 is 6.20. The monoisotopic (exact) mass is 462 g/mol. The number of benzene rings is 1. The Labute approximate surface area is 195 Å². The highest BCUT2D eigenvalue weighted by molar-refractivity contribution is 6.29. The van der Waals surface area contributed by atoms with Crippen LogP contribution >= 0.6 is 11.6 Å². The highest BCUT2D eigenvalue weighted by Gasteiger charge is 2.63. The molecule has 2 unspecified atom stereocenters. The van der Waals surface area contributed by atoms with E-state index in [2.05, 4.69) is 17.2 Å². The van der Waals surface area contributed by atoms with Crippen molar-refractivity contribution < 1.29 is 19.4 Å². The average Bonchev–Trinajstić information content (AvgIpc) is 2.67. The molecule has 0 bridgehead atoms. The molecule has 1 aliphatic heterocycles. The molecular weight excluding hydrogens is 428 g/mol. The Kier molecular flexibility index (Phi) is 6.69. The molecule has 2 N–H and O–H groups in total. The van der Waals surface area contributed by atoms with E-state index in [1.807, 2.05) is 53.7 Å². The number of fused-ring (bicyclic) bond motifs is 2. The second-order valence-corrected chi connectivity index (χ2v) is 10.6. The predicted octanol–water partition coefficient (Wildman–Crippen LogP) is 6.10. The number of carbonyl (C=O) groups is 1. The maximum absolute atomic E-state index is 12.8. The largest absolute Gasteiger partial charge is 0.484 e. The van der Waals surface area contributed by atoms with E-state index in [0.717, 1.165) is 30.2 Å². The highest BCUT2D eigenvalue weighted by Crippen LogP contribution is 2.56. The summed E-state index contributed by atoms with van der Waals surface area (Å²) in [6.45, 7) is 14.0. The van der Waals surface area contributed by atoms with Crippen LogP contribution in [0.4, 0.5) is 4.79 Å². The number of pyridine rings is 1. The minimum Gasteiger partial charge on any atom is -0.484 e. The van der Waals surface area contributed by atoms with Gasteiger partial charge in [0.15, 0.2) is 6.10 Å². The molecule has 0 fully saturated rings. The first-order chi connectivity index (χ1) is 14.8. The first-order valence-corrected chi connectivity index (χ1v) is 11.7. The molecule has 1 aromatic heterocycles. The van der Waals surface area contributed by atoms with Gasteiger partial charge in [0.05, 0.1) is 5.52 Å². The summed E-state index contributed by atoms with van der Waals surface area (Å²) in [6, 6.07) is 5.50. The van der Waals surface area contributed by atoms with Crippen molar-refractivity contribution in [1.29, 1.82) is 0 Å². The smallest absolute Gasteiger partial charge is 0.407 e. The molecule has 0 spiro atoms. The number of hydrogen-bond acceptors (Lipinski definition) is 5. The van der Waals surface area contributed by atoms with Crippen molar-refractivity contribution >= 4 is 28.6 Å². The molecule has 2 atom stereocenters. The molecule has 1 aliphatic rings. The van der Waals surface area contributed by atoms with E-state index in [1.165, 1.54) is 0 Å². The van der Waals surface area contributed by atoms with Crippen LogP contribution in [0.5, 0.6) is 5.75 Å². The molecule has 7 heteroatoms. The summed E-state index contributed by atoms with van der Waals surface area (Å²) < 4.78 is 12.3. The van der Waals surface area contributed by atoms with Gasteiger partial charge in [-0.05, 0) is 56.4 Å². The standard InChI is InChI=1S/C25H35ClN2O4/c1-8-9-10-11-27-22(29)31-21-17-13-18-16(15(2)12-20(26)28-18)14-19(17)32-24(6,7)25(21,30)23(3,4)5/h12-14,21,30H,8-11H2,1-7H3,(H,27,29). The Balaban J connectivity index is 2.12. The lowest BCUT2D eigenvalue weighted by Crippen LogP contribution is -2.67. The summed E-state index contributed by atoms with van der Waals surface area (Å²) in [5.41, 5.74) is -1.03. The van der Waals surface area contributed by atoms with Crippen molar-refractivity contribution in [3.8, 4) is 5.75 Å². The fraction of sp³-hybridized carbons (Fsp3) is 0.600. The maximum atomic E-state index is 12.8. The molecule has 1 amide bonds. The number of unbranched alkanes of at least 4 members (excludes halogenated alkanes) is 2. The van der Waals surface area contributed by atoms with Gasteiger partial charge in [-0.2, -0.15) is 0 Å². The van der Waals surface area contributed by atoms with Crippen molar-refractivity contribution in [3.05, 3.63) is 34.5 Å². The number of aryl methyl sites for hydroxylation is 1. The zero-order valence-electron chi connectivity index (χ0n) is 20.1. The zero-order chi connectivity index (χ0) is 23.9. The van der Waals surface area contributed by atoms with E-state index in [0.29, 0.717) is 28.5 Å². The number of nitrogens with zero attached hydrogens (tertiary/aromatic N) is 1. The van der Waals surface area contributed by atoms with Gasteiger partial charge in [-0.15, -0.1) is 0 Å². The van der Waals surface area contributed by atoms with E-state index < -0.39 is 28.8 Å². The van der Waals surface area contributed by atoms with Gasteiger partial charge in [0.1, 0.15) is 22.1 Å². The average molecular weight is 463 g/mol. The SMILES string of the molecule is CCCCCNC(=O)OC1c2cc3nc(Cl)cc(C)c3cc2OC(C)(C)C1(O)C(C)(C)C.